The number of aromatic nitrogens is 3. The fourth-order valence-corrected chi connectivity index (χ4v) is 2.08. The minimum absolute atomic E-state index is 0.000272. The number of hydrogen-bond acceptors (Lipinski definition) is 3. The first-order valence-corrected chi connectivity index (χ1v) is 6.45. The fourth-order valence-electron chi connectivity index (χ4n) is 2.08. The lowest BCUT2D eigenvalue weighted by Gasteiger charge is -2.12. The van der Waals surface area contributed by atoms with Gasteiger partial charge >= 0.3 is 0 Å². The van der Waals surface area contributed by atoms with Gasteiger partial charge in [0.15, 0.2) is 0 Å². The molecule has 2 heterocycles. The Morgan fingerprint density at radius 3 is 2.61 bits per heavy atom. The Bertz CT molecular complexity index is 490. The van der Waals surface area contributed by atoms with Crippen molar-refractivity contribution < 1.29 is 0 Å². The topological polar surface area (TPSA) is 56.7 Å². The van der Waals surface area contributed by atoms with Gasteiger partial charge < -0.3 is 5.73 Å². The molecule has 0 aliphatic carbocycles. The highest BCUT2D eigenvalue weighted by atomic mass is 15.3. The summed E-state index contributed by atoms with van der Waals surface area (Å²) in [7, 11) is 0. The standard InChI is InChI=1S/C14H20N4/c1-3-12-9-13(18(4-2)17-12)10-14(15)11-5-7-16-8-6-11/h5-9,14H,3-4,10,15H2,1-2H3. The van der Waals surface area contributed by atoms with Crippen molar-refractivity contribution in [3.05, 3.63) is 47.5 Å². The molecule has 0 saturated carbocycles. The number of pyridine rings is 1. The minimum atomic E-state index is -0.000272. The van der Waals surface area contributed by atoms with Crippen molar-refractivity contribution in [1.82, 2.24) is 14.8 Å². The molecule has 0 saturated heterocycles. The van der Waals surface area contributed by atoms with Crippen LogP contribution >= 0.6 is 0 Å². The summed E-state index contributed by atoms with van der Waals surface area (Å²) in [6, 6.07) is 6.10. The molecule has 2 N–H and O–H groups in total. The zero-order chi connectivity index (χ0) is 13.0. The Kier molecular flexibility index (Phi) is 4.10. The predicted octanol–water partition coefficient (Wildman–Crippen LogP) is 2.10. The van der Waals surface area contributed by atoms with Gasteiger partial charge in [0.05, 0.1) is 5.69 Å². The summed E-state index contributed by atoms with van der Waals surface area (Å²) in [4.78, 5) is 4.01. The number of hydrogen-bond donors (Lipinski definition) is 1. The van der Waals surface area contributed by atoms with E-state index in [9.17, 15) is 0 Å². The second-order valence-electron chi connectivity index (χ2n) is 4.39. The molecule has 0 bridgehead atoms. The van der Waals surface area contributed by atoms with E-state index in [1.54, 1.807) is 12.4 Å². The molecular weight excluding hydrogens is 224 g/mol. The van der Waals surface area contributed by atoms with E-state index in [-0.39, 0.29) is 6.04 Å². The first-order valence-electron chi connectivity index (χ1n) is 6.45. The van der Waals surface area contributed by atoms with Gasteiger partial charge in [0.2, 0.25) is 0 Å². The van der Waals surface area contributed by atoms with E-state index in [0.29, 0.717) is 0 Å². The number of nitrogens with zero attached hydrogens (tertiary/aromatic N) is 3. The van der Waals surface area contributed by atoms with Crippen LogP contribution in [0.1, 0.15) is 36.8 Å². The van der Waals surface area contributed by atoms with E-state index >= 15 is 0 Å². The van der Waals surface area contributed by atoms with E-state index in [1.807, 2.05) is 16.8 Å². The molecule has 1 atom stereocenters. The van der Waals surface area contributed by atoms with Gasteiger partial charge in [0.1, 0.15) is 0 Å². The molecule has 2 aromatic rings. The molecule has 0 aliphatic rings. The van der Waals surface area contributed by atoms with Gasteiger partial charge in [-0.3, -0.25) is 9.67 Å². The van der Waals surface area contributed by atoms with Crippen LogP contribution in [0.2, 0.25) is 0 Å². The maximum absolute atomic E-state index is 6.23. The SMILES string of the molecule is CCc1cc(CC(N)c2ccncc2)n(CC)n1. The van der Waals surface area contributed by atoms with Crippen LogP contribution < -0.4 is 5.73 Å². The summed E-state index contributed by atoms with van der Waals surface area (Å²) in [6.07, 6.45) is 5.34. The Morgan fingerprint density at radius 1 is 1.28 bits per heavy atom. The Morgan fingerprint density at radius 2 is 2.00 bits per heavy atom. The molecule has 18 heavy (non-hydrogen) atoms. The molecule has 2 rings (SSSR count). The molecule has 0 amide bonds. The van der Waals surface area contributed by atoms with Crippen LogP contribution in [-0.2, 0) is 19.4 Å². The maximum atomic E-state index is 6.23. The van der Waals surface area contributed by atoms with E-state index in [0.717, 1.165) is 30.6 Å². The molecule has 0 spiro atoms. The molecule has 4 heteroatoms. The second-order valence-corrected chi connectivity index (χ2v) is 4.39. The molecule has 0 radical (unpaired) electrons. The minimum Gasteiger partial charge on any atom is -0.324 e. The third-order valence-electron chi connectivity index (χ3n) is 3.14. The fraction of sp³-hybridized carbons (Fsp3) is 0.429. The summed E-state index contributed by atoms with van der Waals surface area (Å²) in [5.74, 6) is 0. The molecule has 0 aliphatic heterocycles. The van der Waals surface area contributed by atoms with Crippen LogP contribution in [0.5, 0.6) is 0 Å². The van der Waals surface area contributed by atoms with Crippen LogP contribution in [0.3, 0.4) is 0 Å². The van der Waals surface area contributed by atoms with Crippen molar-refractivity contribution in [2.75, 3.05) is 0 Å². The summed E-state index contributed by atoms with van der Waals surface area (Å²) in [6.45, 7) is 5.11. The molecule has 96 valence electrons. The highest BCUT2D eigenvalue weighted by molar-refractivity contribution is 5.19. The van der Waals surface area contributed by atoms with E-state index in [1.165, 1.54) is 5.69 Å². The third-order valence-corrected chi connectivity index (χ3v) is 3.14. The van der Waals surface area contributed by atoms with Crippen molar-refractivity contribution >= 4 is 0 Å². The molecule has 2 aromatic heterocycles. The lowest BCUT2D eigenvalue weighted by Crippen LogP contribution is -2.16. The first kappa shape index (κ1) is 12.8. The lowest BCUT2D eigenvalue weighted by molar-refractivity contribution is 0.585. The third kappa shape index (κ3) is 2.76. The van der Waals surface area contributed by atoms with Crippen LogP contribution in [0.15, 0.2) is 30.6 Å². The maximum Gasteiger partial charge on any atom is 0.0624 e. The largest absolute Gasteiger partial charge is 0.324 e. The van der Waals surface area contributed by atoms with Crippen molar-refractivity contribution in [3.63, 3.8) is 0 Å². The Labute approximate surface area is 108 Å². The average Bonchev–Trinajstić information content (AvgIpc) is 2.82. The summed E-state index contributed by atoms with van der Waals surface area (Å²) >= 11 is 0. The number of nitrogens with two attached hydrogens (primary N) is 1. The van der Waals surface area contributed by atoms with Gasteiger partial charge in [-0.05, 0) is 37.1 Å². The zero-order valence-corrected chi connectivity index (χ0v) is 11.0. The van der Waals surface area contributed by atoms with Crippen molar-refractivity contribution in [2.24, 2.45) is 5.73 Å². The molecular formula is C14H20N4. The highest BCUT2D eigenvalue weighted by Gasteiger charge is 2.11. The Hall–Kier alpha value is -1.68. The van der Waals surface area contributed by atoms with E-state index in [2.05, 4.69) is 30.0 Å². The highest BCUT2D eigenvalue weighted by Crippen LogP contribution is 2.16. The molecule has 0 aromatic carbocycles. The normalized spacial score (nSPS) is 12.6. The summed E-state index contributed by atoms with van der Waals surface area (Å²) in [5, 5.41) is 4.54. The van der Waals surface area contributed by atoms with Gasteiger partial charge in [-0.25, -0.2) is 0 Å². The molecule has 0 fully saturated rings. The van der Waals surface area contributed by atoms with Gasteiger partial charge in [-0.15, -0.1) is 0 Å². The monoisotopic (exact) mass is 244 g/mol. The van der Waals surface area contributed by atoms with Crippen LogP contribution in [0, 0.1) is 0 Å². The van der Waals surface area contributed by atoms with Crippen LogP contribution in [0.25, 0.3) is 0 Å². The number of rotatable bonds is 5. The van der Waals surface area contributed by atoms with Gasteiger partial charge in [-0.2, -0.15) is 5.10 Å². The van der Waals surface area contributed by atoms with Gasteiger partial charge in [0, 0.05) is 37.1 Å². The van der Waals surface area contributed by atoms with Crippen LogP contribution in [-0.4, -0.2) is 14.8 Å². The number of aryl methyl sites for hydroxylation is 2. The average molecular weight is 244 g/mol. The molecule has 1 unspecified atom stereocenters. The first-order chi connectivity index (χ1) is 8.74. The van der Waals surface area contributed by atoms with Gasteiger partial charge in [-0.1, -0.05) is 6.92 Å². The Balaban J connectivity index is 2.16. The van der Waals surface area contributed by atoms with Crippen LogP contribution in [0.4, 0.5) is 0 Å². The smallest absolute Gasteiger partial charge is 0.0624 e. The summed E-state index contributed by atoms with van der Waals surface area (Å²) in [5.41, 5.74) is 9.69. The quantitative estimate of drug-likeness (QED) is 0.876. The van der Waals surface area contributed by atoms with Crippen molar-refractivity contribution in [2.45, 2.75) is 39.3 Å². The predicted molar refractivity (Wildman–Crippen MR) is 72.1 cm³/mol. The van der Waals surface area contributed by atoms with E-state index in [4.69, 9.17) is 5.73 Å². The van der Waals surface area contributed by atoms with Gasteiger partial charge in [0.25, 0.3) is 0 Å². The summed E-state index contributed by atoms with van der Waals surface area (Å²) < 4.78 is 2.04. The zero-order valence-electron chi connectivity index (χ0n) is 11.0. The van der Waals surface area contributed by atoms with Crippen molar-refractivity contribution in [3.8, 4) is 0 Å². The lowest BCUT2D eigenvalue weighted by atomic mass is 10.0. The van der Waals surface area contributed by atoms with Crippen molar-refractivity contribution in [1.29, 1.82) is 0 Å². The van der Waals surface area contributed by atoms with E-state index < -0.39 is 0 Å². The molecule has 4 nitrogen and oxygen atoms in total. The second kappa shape index (κ2) is 5.78.